The minimum Gasteiger partial charge on any atom is -0.492 e. The lowest BCUT2D eigenvalue weighted by Gasteiger charge is -2.34. The Morgan fingerprint density at radius 1 is 0.851 bits per heavy atom. The highest BCUT2D eigenvalue weighted by molar-refractivity contribution is 7.92. The van der Waals surface area contributed by atoms with Gasteiger partial charge in [-0.25, -0.2) is 8.42 Å². The zero-order chi connectivity index (χ0) is 33.8. The molecular weight excluding hydrogens is 657 g/mol. The van der Waals surface area contributed by atoms with Gasteiger partial charge in [0.2, 0.25) is 11.8 Å². The highest BCUT2D eigenvalue weighted by Crippen LogP contribution is 2.33. The van der Waals surface area contributed by atoms with Crippen molar-refractivity contribution in [3.8, 4) is 5.75 Å². The summed E-state index contributed by atoms with van der Waals surface area (Å²) in [7, 11) is -4.32. The summed E-state index contributed by atoms with van der Waals surface area (Å²) in [6.07, 6.45) is 1.85. The van der Waals surface area contributed by atoms with Crippen molar-refractivity contribution in [3.63, 3.8) is 0 Å². The van der Waals surface area contributed by atoms with Gasteiger partial charge in [0.15, 0.2) is 0 Å². The van der Waals surface area contributed by atoms with Crippen molar-refractivity contribution in [1.29, 1.82) is 0 Å². The van der Waals surface area contributed by atoms with E-state index >= 15 is 0 Å². The van der Waals surface area contributed by atoms with Crippen molar-refractivity contribution < 1.29 is 22.7 Å². The lowest BCUT2D eigenvalue weighted by molar-refractivity contribution is -0.140. The number of para-hydroxylation sites is 2. The summed E-state index contributed by atoms with van der Waals surface area (Å²) >= 11 is 12.6. The molecule has 4 aromatic rings. The smallest absolute Gasteiger partial charge is 0.264 e. The second kappa shape index (κ2) is 17.2. The molecule has 4 rings (SSSR count). The Labute approximate surface area is 287 Å². The minimum atomic E-state index is -4.32. The third kappa shape index (κ3) is 9.50. The number of halogens is 2. The van der Waals surface area contributed by atoms with Crippen LogP contribution >= 0.6 is 23.2 Å². The van der Waals surface area contributed by atoms with Crippen LogP contribution in [0.2, 0.25) is 10.0 Å². The molecule has 0 bridgehead atoms. The number of hydrogen-bond donors (Lipinski definition) is 1. The molecule has 1 atom stereocenters. The van der Waals surface area contributed by atoms with E-state index in [0.717, 1.165) is 22.7 Å². The Bertz CT molecular complexity index is 1740. The first kappa shape index (κ1) is 35.8. The van der Waals surface area contributed by atoms with Gasteiger partial charge in [0.05, 0.1) is 17.2 Å². The molecule has 0 saturated carbocycles. The Kier molecular flexibility index (Phi) is 13.1. The molecule has 0 aliphatic carbocycles. The highest BCUT2D eigenvalue weighted by atomic mass is 35.5. The van der Waals surface area contributed by atoms with E-state index in [4.69, 9.17) is 27.9 Å². The van der Waals surface area contributed by atoms with Crippen LogP contribution < -0.4 is 14.4 Å². The van der Waals surface area contributed by atoms with Crippen molar-refractivity contribution in [2.24, 2.45) is 0 Å². The van der Waals surface area contributed by atoms with E-state index in [1.165, 1.54) is 29.2 Å². The van der Waals surface area contributed by atoms with Gasteiger partial charge in [0.25, 0.3) is 10.0 Å². The van der Waals surface area contributed by atoms with E-state index in [1.54, 1.807) is 55.5 Å². The molecule has 2 amide bonds. The van der Waals surface area contributed by atoms with Gasteiger partial charge in [0, 0.05) is 29.6 Å². The molecule has 0 fully saturated rings. The fourth-order valence-corrected chi connectivity index (χ4v) is 6.80. The second-order valence-electron chi connectivity index (χ2n) is 10.8. The average Bonchev–Trinajstić information content (AvgIpc) is 3.07. The summed E-state index contributed by atoms with van der Waals surface area (Å²) in [5, 5.41) is 3.77. The molecule has 47 heavy (non-hydrogen) atoms. The summed E-state index contributed by atoms with van der Waals surface area (Å²) in [5.41, 5.74) is 1.64. The number of nitrogens with zero attached hydrogens (tertiary/aromatic N) is 2. The number of anilines is 1. The maximum atomic E-state index is 14.6. The van der Waals surface area contributed by atoms with Gasteiger partial charge in [-0.1, -0.05) is 97.2 Å². The van der Waals surface area contributed by atoms with Crippen molar-refractivity contribution in [1.82, 2.24) is 10.2 Å². The maximum Gasteiger partial charge on any atom is 0.264 e. The van der Waals surface area contributed by atoms with Crippen LogP contribution in [0.4, 0.5) is 5.69 Å². The third-order valence-electron chi connectivity index (χ3n) is 7.51. The molecule has 0 aliphatic rings. The van der Waals surface area contributed by atoms with Crippen LogP contribution in [0, 0.1) is 0 Å². The summed E-state index contributed by atoms with van der Waals surface area (Å²) in [5.74, 6) is -0.652. The number of carbonyl (C=O) groups excluding carboxylic acids is 2. The van der Waals surface area contributed by atoms with E-state index in [1.807, 2.05) is 37.3 Å². The predicted octanol–water partition coefficient (Wildman–Crippen LogP) is 7.14. The van der Waals surface area contributed by atoms with Gasteiger partial charge in [-0.3, -0.25) is 13.9 Å². The lowest BCUT2D eigenvalue weighted by atomic mass is 10.0. The van der Waals surface area contributed by atoms with E-state index in [9.17, 15) is 18.0 Å². The van der Waals surface area contributed by atoms with Crippen LogP contribution in [0.5, 0.6) is 5.75 Å². The van der Waals surface area contributed by atoms with Crippen LogP contribution in [-0.2, 0) is 32.6 Å². The first-order valence-corrected chi connectivity index (χ1v) is 17.7. The Morgan fingerprint density at radius 2 is 1.51 bits per heavy atom. The molecule has 1 N–H and O–H groups in total. The molecule has 0 aromatic heterocycles. The van der Waals surface area contributed by atoms with Gasteiger partial charge in [-0.05, 0) is 66.9 Å². The SMILES string of the molecule is CCCCNC(=O)[C@@H](Cc1ccccc1)N(Cc1ccccc1Cl)C(=O)CN(c1ccccc1OCC)S(=O)(=O)c1ccc(Cl)cc1. The number of ether oxygens (including phenoxy) is 1. The van der Waals surface area contributed by atoms with E-state index in [-0.39, 0.29) is 41.8 Å². The minimum absolute atomic E-state index is 0.0286. The van der Waals surface area contributed by atoms with Crippen molar-refractivity contribution >= 4 is 50.7 Å². The molecule has 248 valence electrons. The van der Waals surface area contributed by atoms with E-state index in [2.05, 4.69) is 5.32 Å². The number of hydrogen-bond acceptors (Lipinski definition) is 5. The zero-order valence-corrected chi connectivity index (χ0v) is 28.8. The Morgan fingerprint density at radius 3 is 2.19 bits per heavy atom. The van der Waals surface area contributed by atoms with Crippen LogP contribution in [0.15, 0.2) is 108 Å². The number of unbranched alkanes of at least 4 members (excludes halogenated alkanes) is 1. The molecule has 4 aromatic carbocycles. The predicted molar refractivity (Wildman–Crippen MR) is 187 cm³/mol. The number of sulfonamides is 1. The molecular formula is C36H39Cl2N3O5S. The summed E-state index contributed by atoms with van der Waals surface area (Å²) in [6.45, 7) is 3.88. The van der Waals surface area contributed by atoms with Crippen LogP contribution in [0.1, 0.15) is 37.8 Å². The van der Waals surface area contributed by atoms with Crippen LogP contribution in [-0.4, -0.2) is 50.9 Å². The summed E-state index contributed by atoms with van der Waals surface area (Å²) in [6, 6.07) is 27.9. The normalized spacial score (nSPS) is 11.8. The van der Waals surface area contributed by atoms with Gasteiger partial charge < -0.3 is 15.0 Å². The second-order valence-corrected chi connectivity index (χ2v) is 13.5. The molecule has 0 aliphatic heterocycles. The molecule has 0 unspecified atom stereocenters. The standard InChI is InChI=1S/C36H39Cl2N3O5S/c1-3-5-23-39-36(43)33(24-27-13-7-6-8-14-27)40(25-28-15-9-10-16-31(28)38)35(42)26-41(32-17-11-12-18-34(32)46-4-2)47(44,45)30-21-19-29(37)20-22-30/h6-22,33H,3-5,23-26H2,1-2H3,(H,39,43)/t33-/m1/s1. The molecule has 8 nitrogen and oxygen atoms in total. The first-order chi connectivity index (χ1) is 22.6. The molecule has 0 spiro atoms. The van der Waals surface area contributed by atoms with Crippen LogP contribution in [0.3, 0.4) is 0 Å². The summed E-state index contributed by atoms with van der Waals surface area (Å²) < 4.78 is 35.4. The van der Waals surface area contributed by atoms with E-state index in [0.29, 0.717) is 22.2 Å². The number of amides is 2. The topological polar surface area (TPSA) is 96.0 Å². The zero-order valence-electron chi connectivity index (χ0n) is 26.4. The fourth-order valence-electron chi connectivity index (χ4n) is 5.06. The monoisotopic (exact) mass is 695 g/mol. The fraction of sp³-hybridized carbons (Fsp3) is 0.278. The number of nitrogens with one attached hydrogen (secondary N) is 1. The van der Waals surface area contributed by atoms with Gasteiger partial charge in [-0.2, -0.15) is 0 Å². The quantitative estimate of drug-likeness (QED) is 0.126. The van der Waals surface area contributed by atoms with Crippen LogP contribution in [0.25, 0.3) is 0 Å². The number of carbonyl (C=O) groups is 2. The largest absolute Gasteiger partial charge is 0.492 e. The Hall–Kier alpha value is -4.05. The van der Waals surface area contributed by atoms with Gasteiger partial charge >= 0.3 is 0 Å². The van der Waals surface area contributed by atoms with Crippen molar-refractivity contribution in [2.45, 2.75) is 50.6 Å². The molecule has 0 heterocycles. The number of rotatable bonds is 16. The first-order valence-electron chi connectivity index (χ1n) is 15.5. The van der Waals surface area contributed by atoms with Crippen molar-refractivity contribution in [2.75, 3.05) is 24.0 Å². The van der Waals surface area contributed by atoms with Crippen molar-refractivity contribution in [3.05, 3.63) is 124 Å². The number of benzene rings is 4. The highest BCUT2D eigenvalue weighted by Gasteiger charge is 2.35. The third-order valence-corrected chi connectivity index (χ3v) is 9.91. The molecule has 0 radical (unpaired) electrons. The average molecular weight is 697 g/mol. The lowest BCUT2D eigenvalue weighted by Crippen LogP contribution is -2.53. The Balaban J connectivity index is 1.83. The molecule has 0 saturated heterocycles. The maximum absolute atomic E-state index is 14.6. The van der Waals surface area contributed by atoms with Gasteiger partial charge in [-0.15, -0.1) is 0 Å². The van der Waals surface area contributed by atoms with E-state index < -0.39 is 28.5 Å². The van der Waals surface area contributed by atoms with Gasteiger partial charge in [0.1, 0.15) is 18.3 Å². The molecule has 11 heteroatoms. The summed E-state index contributed by atoms with van der Waals surface area (Å²) in [4.78, 5) is 29.9.